The number of hydrogen-bond acceptors (Lipinski definition) is 3. The van der Waals surface area contributed by atoms with E-state index in [1.165, 1.54) is 11.3 Å². The van der Waals surface area contributed by atoms with Crippen molar-refractivity contribution in [1.29, 1.82) is 0 Å². The monoisotopic (exact) mass is 303 g/mol. The summed E-state index contributed by atoms with van der Waals surface area (Å²) in [6, 6.07) is 8.50. The van der Waals surface area contributed by atoms with Gasteiger partial charge in [0.2, 0.25) is 0 Å². The van der Waals surface area contributed by atoms with Gasteiger partial charge in [0, 0.05) is 31.4 Å². The van der Waals surface area contributed by atoms with Crippen LogP contribution in [0.3, 0.4) is 0 Å². The third-order valence-corrected chi connectivity index (χ3v) is 4.88. The standard InChI is InChI=1S/C17H25N3O2/c1-13(20-10-7-14-5-2-3-6-15(14)20)11-18-16(21)19-12-17(22)8-4-9-17/h2-3,5-6,13,22H,4,7-12H2,1H3,(H2,18,19,21). The number of carbonyl (C=O) groups is 1. The Morgan fingerprint density at radius 1 is 1.36 bits per heavy atom. The number of rotatable bonds is 5. The van der Waals surface area contributed by atoms with Gasteiger partial charge >= 0.3 is 6.03 Å². The summed E-state index contributed by atoms with van der Waals surface area (Å²) in [6.45, 7) is 4.07. The van der Waals surface area contributed by atoms with E-state index in [0.717, 1.165) is 32.2 Å². The summed E-state index contributed by atoms with van der Waals surface area (Å²) in [6.07, 6.45) is 3.69. The minimum Gasteiger partial charge on any atom is -0.388 e. The van der Waals surface area contributed by atoms with E-state index in [0.29, 0.717) is 13.1 Å². The molecule has 1 aliphatic heterocycles. The molecule has 1 aliphatic carbocycles. The van der Waals surface area contributed by atoms with Crippen LogP contribution in [0.2, 0.25) is 0 Å². The molecule has 0 radical (unpaired) electrons. The van der Waals surface area contributed by atoms with Crippen molar-refractivity contribution < 1.29 is 9.90 Å². The first-order valence-electron chi connectivity index (χ1n) is 8.16. The van der Waals surface area contributed by atoms with Gasteiger partial charge in [-0.15, -0.1) is 0 Å². The van der Waals surface area contributed by atoms with Gasteiger partial charge in [0.25, 0.3) is 0 Å². The number of aliphatic hydroxyl groups is 1. The molecule has 1 heterocycles. The second-order valence-electron chi connectivity index (χ2n) is 6.56. The van der Waals surface area contributed by atoms with Crippen molar-refractivity contribution >= 4 is 11.7 Å². The second kappa shape index (κ2) is 6.16. The van der Waals surface area contributed by atoms with Crippen LogP contribution in [-0.2, 0) is 6.42 Å². The van der Waals surface area contributed by atoms with Crippen LogP contribution >= 0.6 is 0 Å². The van der Waals surface area contributed by atoms with Crippen LogP contribution in [0, 0.1) is 0 Å². The van der Waals surface area contributed by atoms with Gasteiger partial charge in [0.1, 0.15) is 0 Å². The highest BCUT2D eigenvalue weighted by atomic mass is 16.3. The van der Waals surface area contributed by atoms with Crippen LogP contribution in [0.4, 0.5) is 10.5 Å². The SMILES string of the molecule is CC(CNC(=O)NCC1(O)CCC1)N1CCc2ccccc21. The molecule has 1 atom stereocenters. The van der Waals surface area contributed by atoms with E-state index in [2.05, 4.69) is 46.7 Å². The number of anilines is 1. The first-order valence-corrected chi connectivity index (χ1v) is 8.16. The Morgan fingerprint density at radius 3 is 2.86 bits per heavy atom. The molecule has 120 valence electrons. The third-order valence-electron chi connectivity index (χ3n) is 4.88. The lowest BCUT2D eigenvalue weighted by Gasteiger charge is -2.36. The van der Waals surface area contributed by atoms with Gasteiger partial charge in [0.15, 0.2) is 0 Å². The van der Waals surface area contributed by atoms with Crippen molar-refractivity contribution in [3.63, 3.8) is 0 Å². The van der Waals surface area contributed by atoms with Crippen LogP contribution in [0.25, 0.3) is 0 Å². The molecule has 0 saturated heterocycles. The highest BCUT2D eigenvalue weighted by Crippen LogP contribution is 2.30. The predicted molar refractivity (Wildman–Crippen MR) is 87.2 cm³/mol. The third kappa shape index (κ3) is 3.19. The lowest BCUT2D eigenvalue weighted by atomic mass is 9.80. The van der Waals surface area contributed by atoms with E-state index < -0.39 is 5.60 Å². The van der Waals surface area contributed by atoms with E-state index >= 15 is 0 Å². The van der Waals surface area contributed by atoms with Crippen LogP contribution in [0.15, 0.2) is 24.3 Å². The van der Waals surface area contributed by atoms with E-state index in [1.807, 2.05) is 0 Å². The van der Waals surface area contributed by atoms with Gasteiger partial charge in [-0.1, -0.05) is 18.2 Å². The van der Waals surface area contributed by atoms with Crippen LogP contribution in [0.1, 0.15) is 31.7 Å². The molecule has 0 aromatic heterocycles. The summed E-state index contributed by atoms with van der Waals surface area (Å²) in [7, 11) is 0. The van der Waals surface area contributed by atoms with Gasteiger partial charge in [-0.2, -0.15) is 0 Å². The van der Waals surface area contributed by atoms with Crippen molar-refractivity contribution in [2.45, 2.75) is 44.2 Å². The molecule has 22 heavy (non-hydrogen) atoms. The van der Waals surface area contributed by atoms with E-state index in [-0.39, 0.29) is 12.1 Å². The lowest BCUT2D eigenvalue weighted by Crippen LogP contribution is -2.51. The summed E-state index contributed by atoms with van der Waals surface area (Å²) >= 11 is 0. The smallest absolute Gasteiger partial charge is 0.314 e. The zero-order chi connectivity index (χ0) is 15.6. The van der Waals surface area contributed by atoms with Crippen molar-refractivity contribution in [3.8, 4) is 0 Å². The summed E-state index contributed by atoms with van der Waals surface area (Å²) in [5.41, 5.74) is 1.99. The normalized spacial score (nSPS) is 20.0. The Hall–Kier alpha value is -1.75. The Kier molecular flexibility index (Phi) is 4.25. The first kappa shape index (κ1) is 15.2. The molecule has 0 bridgehead atoms. The highest BCUT2D eigenvalue weighted by molar-refractivity contribution is 5.74. The molecule has 2 amide bonds. The molecule has 1 aromatic carbocycles. The number of fused-ring (bicyclic) bond motifs is 1. The lowest BCUT2D eigenvalue weighted by molar-refractivity contribution is -0.0290. The number of nitrogens with zero attached hydrogens (tertiary/aromatic N) is 1. The minimum atomic E-state index is -0.670. The largest absolute Gasteiger partial charge is 0.388 e. The fourth-order valence-corrected chi connectivity index (χ4v) is 3.24. The summed E-state index contributed by atoms with van der Waals surface area (Å²) in [4.78, 5) is 14.2. The van der Waals surface area contributed by atoms with Gasteiger partial charge < -0.3 is 20.6 Å². The Morgan fingerprint density at radius 2 is 2.14 bits per heavy atom. The number of hydrogen-bond donors (Lipinski definition) is 3. The fourth-order valence-electron chi connectivity index (χ4n) is 3.24. The molecule has 5 nitrogen and oxygen atoms in total. The van der Waals surface area contributed by atoms with E-state index in [9.17, 15) is 9.90 Å². The van der Waals surface area contributed by atoms with Crippen molar-refractivity contribution in [1.82, 2.24) is 10.6 Å². The number of amides is 2. The van der Waals surface area contributed by atoms with Gasteiger partial charge in [-0.25, -0.2) is 4.79 Å². The van der Waals surface area contributed by atoms with Gasteiger partial charge in [-0.3, -0.25) is 0 Å². The van der Waals surface area contributed by atoms with Gasteiger partial charge in [0.05, 0.1) is 5.60 Å². The van der Waals surface area contributed by atoms with Gasteiger partial charge in [-0.05, 0) is 44.2 Å². The van der Waals surface area contributed by atoms with Crippen LogP contribution < -0.4 is 15.5 Å². The number of benzene rings is 1. The highest BCUT2D eigenvalue weighted by Gasteiger charge is 2.34. The predicted octanol–water partition coefficient (Wildman–Crippen LogP) is 1.65. The van der Waals surface area contributed by atoms with E-state index in [1.54, 1.807) is 0 Å². The molecule has 5 heteroatoms. The number of para-hydroxylation sites is 1. The average Bonchev–Trinajstić information content (AvgIpc) is 2.92. The summed E-state index contributed by atoms with van der Waals surface area (Å²) < 4.78 is 0. The molecular formula is C17H25N3O2. The maximum absolute atomic E-state index is 11.8. The van der Waals surface area contributed by atoms with Crippen molar-refractivity contribution in [3.05, 3.63) is 29.8 Å². The number of nitrogens with one attached hydrogen (secondary N) is 2. The molecule has 1 fully saturated rings. The fraction of sp³-hybridized carbons (Fsp3) is 0.588. The molecule has 3 N–H and O–H groups in total. The Labute approximate surface area is 131 Å². The molecular weight excluding hydrogens is 278 g/mol. The number of urea groups is 1. The summed E-state index contributed by atoms with van der Waals surface area (Å²) in [5.74, 6) is 0. The molecule has 1 aromatic rings. The van der Waals surface area contributed by atoms with Crippen LogP contribution in [-0.4, -0.2) is 42.4 Å². The Bertz CT molecular complexity index is 542. The molecule has 1 unspecified atom stereocenters. The van der Waals surface area contributed by atoms with Crippen molar-refractivity contribution in [2.75, 3.05) is 24.5 Å². The average molecular weight is 303 g/mol. The molecule has 0 spiro atoms. The zero-order valence-electron chi connectivity index (χ0n) is 13.1. The molecule has 1 saturated carbocycles. The zero-order valence-corrected chi connectivity index (χ0v) is 13.1. The number of carbonyl (C=O) groups excluding carboxylic acids is 1. The maximum Gasteiger partial charge on any atom is 0.314 e. The van der Waals surface area contributed by atoms with Crippen LogP contribution in [0.5, 0.6) is 0 Å². The minimum absolute atomic E-state index is 0.195. The summed E-state index contributed by atoms with van der Waals surface area (Å²) in [5, 5.41) is 15.6. The second-order valence-corrected chi connectivity index (χ2v) is 6.56. The maximum atomic E-state index is 11.8. The van der Waals surface area contributed by atoms with E-state index in [4.69, 9.17) is 0 Å². The Balaban J connectivity index is 1.44. The molecule has 2 aliphatic rings. The quantitative estimate of drug-likeness (QED) is 0.775. The first-order chi connectivity index (χ1) is 10.6. The topological polar surface area (TPSA) is 64.6 Å². The van der Waals surface area contributed by atoms with Crippen molar-refractivity contribution in [2.24, 2.45) is 0 Å². The molecule has 3 rings (SSSR count).